The number of sulfonamides is 1. The van der Waals surface area contributed by atoms with Crippen LogP contribution in [0.1, 0.15) is 18.4 Å². The zero-order valence-corrected chi connectivity index (χ0v) is 18.9. The summed E-state index contributed by atoms with van der Waals surface area (Å²) < 4.78 is 30.5. The highest BCUT2D eigenvalue weighted by Crippen LogP contribution is 2.28. The van der Waals surface area contributed by atoms with Gasteiger partial charge in [0.15, 0.2) is 5.16 Å². The number of thioether (sulfide) groups is 1. The van der Waals surface area contributed by atoms with Crippen molar-refractivity contribution in [3.63, 3.8) is 0 Å². The molecule has 1 fully saturated rings. The number of primary sulfonamides is 1. The molecular weight excluding hydrogens is 434 g/mol. The number of ether oxygens (including phenoxy) is 1. The number of benzene rings is 2. The van der Waals surface area contributed by atoms with Crippen LogP contribution in [0, 0.1) is 6.92 Å². The van der Waals surface area contributed by atoms with E-state index < -0.39 is 10.0 Å². The van der Waals surface area contributed by atoms with Crippen molar-refractivity contribution in [2.24, 2.45) is 5.14 Å². The van der Waals surface area contributed by atoms with Gasteiger partial charge in [-0.3, -0.25) is 4.57 Å². The first-order valence-corrected chi connectivity index (χ1v) is 12.6. The molecule has 0 spiro atoms. The van der Waals surface area contributed by atoms with Gasteiger partial charge in [0.05, 0.1) is 17.2 Å². The number of aryl methyl sites for hydroxylation is 1. The van der Waals surface area contributed by atoms with Crippen molar-refractivity contribution in [2.45, 2.75) is 29.8 Å². The van der Waals surface area contributed by atoms with Gasteiger partial charge in [-0.1, -0.05) is 29.5 Å². The van der Waals surface area contributed by atoms with Crippen molar-refractivity contribution < 1.29 is 13.2 Å². The first-order valence-electron chi connectivity index (χ1n) is 10.1. The standard InChI is InChI=1S/C21H25N5O3S2/c1-16-4-6-17(7-5-16)26-20(25-12-2-3-13-25)23-24-21(26)30-15-14-29-18-8-10-19(11-9-18)31(22,27)28/h4-11H,2-3,12-15H2,1H3,(H2,22,27,28). The van der Waals surface area contributed by atoms with Crippen LogP contribution < -0.4 is 14.8 Å². The second-order valence-electron chi connectivity index (χ2n) is 7.36. The Morgan fingerprint density at radius 2 is 1.71 bits per heavy atom. The first-order chi connectivity index (χ1) is 14.9. The molecule has 8 nitrogen and oxygen atoms in total. The van der Waals surface area contributed by atoms with Gasteiger partial charge in [-0.2, -0.15) is 0 Å². The zero-order chi connectivity index (χ0) is 21.8. The molecule has 3 aromatic rings. The van der Waals surface area contributed by atoms with E-state index >= 15 is 0 Å². The van der Waals surface area contributed by atoms with Gasteiger partial charge in [0, 0.05) is 18.8 Å². The number of aromatic nitrogens is 3. The first kappa shape index (κ1) is 21.7. The summed E-state index contributed by atoms with van der Waals surface area (Å²) in [5, 5.41) is 14.9. The normalized spacial score (nSPS) is 14.2. The monoisotopic (exact) mass is 459 g/mol. The van der Waals surface area contributed by atoms with Crippen LogP contribution in [-0.4, -0.2) is 48.6 Å². The van der Waals surface area contributed by atoms with Crippen molar-refractivity contribution in [1.82, 2.24) is 14.8 Å². The number of nitrogens with two attached hydrogens (primary N) is 1. The summed E-state index contributed by atoms with van der Waals surface area (Å²) in [6.45, 7) is 4.50. The molecule has 1 aliphatic heterocycles. The minimum absolute atomic E-state index is 0.0647. The van der Waals surface area contributed by atoms with Crippen molar-refractivity contribution in [1.29, 1.82) is 0 Å². The molecule has 4 rings (SSSR count). The molecule has 0 saturated carbocycles. The van der Waals surface area contributed by atoms with Crippen LogP contribution in [-0.2, 0) is 10.0 Å². The SMILES string of the molecule is Cc1ccc(-n2c(SCCOc3ccc(S(N)(=O)=O)cc3)nnc2N2CCCC2)cc1. The second kappa shape index (κ2) is 9.29. The number of anilines is 1. The molecule has 0 atom stereocenters. The van der Waals surface area contributed by atoms with Crippen molar-refractivity contribution >= 4 is 27.7 Å². The number of nitrogens with zero attached hydrogens (tertiary/aromatic N) is 4. The van der Waals surface area contributed by atoms with E-state index in [1.54, 1.807) is 23.9 Å². The molecule has 1 aromatic heterocycles. The van der Waals surface area contributed by atoms with Crippen LogP contribution in [0.2, 0.25) is 0 Å². The maximum Gasteiger partial charge on any atom is 0.238 e. The Bertz CT molecular complexity index is 1120. The fourth-order valence-electron chi connectivity index (χ4n) is 3.42. The second-order valence-corrected chi connectivity index (χ2v) is 9.98. The molecule has 2 aromatic carbocycles. The molecule has 0 radical (unpaired) electrons. The third-order valence-corrected chi connectivity index (χ3v) is 6.86. The Morgan fingerprint density at radius 3 is 2.35 bits per heavy atom. The molecule has 2 N–H and O–H groups in total. The summed E-state index contributed by atoms with van der Waals surface area (Å²) in [6, 6.07) is 14.4. The molecule has 2 heterocycles. The molecular formula is C21H25N5O3S2. The van der Waals surface area contributed by atoms with E-state index in [4.69, 9.17) is 9.88 Å². The van der Waals surface area contributed by atoms with Crippen molar-refractivity contribution in [3.8, 4) is 11.4 Å². The lowest BCUT2D eigenvalue weighted by molar-refractivity contribution is 0.343. The van der Waals surface area contributed by atoms with Crippen LogP contribution in [0.5, 0.6) is 5.75 Å². The van der Waals surface area contributed by atoms with Crippen LogP contribution in [0.25, 0.3) is 5.69 Å². The molecule has 31 heavy (non-hydrogen) atoms. The molecule has 0 bridgehead atoms. The van der Waals surface area contributed by atoms with E-state index in [9.17, 15) is 8.42 Å². The lowest BCUT2D eigenvalue weighted by Crippen LogP contribution is -2.22. The summed E-state index contributed by atoms with van der Waals surface area (Å²) in [7, 11) is -3.70. The van der Waals surface area contributed by atoms with Gasteiger partial charge in [0.25, 0.3) is 0 Å². The van der Waals surface area contributed by atoms with Crippen LogP contribution in [0.4, 0.5) is 5.95 Å². The molecule has 0 unspecified atom stereocenters. The molecule has 0 amide bonds. The van der Waals surface area contributed by atoms with Gasteiger partial charge < -0.3 is 9.64 Å². The largest absolute Gasteiger partial charge is 0.493 e. The molecule has 164 valence electrons. The molecule has 1 aliphatic rings. The Kier molecular flexibility index (Phi) is 6.49. The third kappa shape index (κ3) is 5.20. The Morgan fingerprint density at radius 1 is 1.03 bits per heavy atom. The average Bonchev–Trinajstić information content (AvgIpc) is 3.41. The van der Waals surface area contributed by atoms with E-state index in [1.165, 1.54) is 30.5 Å². The smallest absolute Gasteiger partial charge is 0.238 e. The lowest BCUT2D eigenvalue weighted by Gasteiger charge is -2.18. The highest BCUT2D eigenvalue weighted by Gasteiger charge is 2.22. The van der Waals surface area contributed by atoms with Gasteiger partial charge in [-0.05, 0) is 56.2 Å². The van der Waals surface area contributed by atoms with E-state index in [1.807, 2.05) is 0 Å². The maximum atomic E-state index is 11.3. The highest BCUT2D eigenvalue weighted by molar-refractivity contribution is 7.99. The Balaban J connectivity index is 1.44. The van der Waals surface area contributed by atoms with E-state index in [0.717, 1.165) is 29.9 Å². The van der Waals surface area contributed by atoms with E-state index in [-0.39, 0.29) is 4.90 Å². The average molecular weight is 460 g/mol. The number of rotatable bonds is 8. The van der Waals surface area contributed by atoms with Gasteiger partial charge in [0.2, 0.25) is 16.0 Å². The summed E-state index contributed by atoms with van der Waals surface area (Å²) in [6.07, 6.45) is 2.34. The van der Waals surface area contributed by atoms with Gasteiger partial charge in [-0.15, -0.1) is 10.2 Å². The van der Waals surface area contributed by atoms with Gasteiger partial charge in [0.1, 0.15) is 5.75 Å². The zero-order valence-electron chi connectivity index (χ0n) is 17.3. The fraction of sp³-hybridized carbons (Fsp3) is 0.333. The molecule has 10 heteroatoms. The van der Waals surface area contributed by atoms with Crippen LogP contribution >= 0.6 is 11.8 Å². The maximum absolute atomic E-state index is 11.3. The minimum Gasteiger partial charge on any atom is -0.493 e. The third-order valence-electron chi connectivity index (χ3n) is 5.03. The molecule has 0 aliphatic carbocycles. The van der Waals surface area contributed by atoms with Crippen molar-refractivity contribution in [3.05, 3.63) is 54.1 Å². The van der Waals surface area contributed by atoms with E-state index in [0.29, 0.717) is 18.1 Å². The quantitative estimate of drug-likeness (QED) is 0.408. The summed E-state index contributed by atoms with van der Waals surface area (Å²) in [5.41, 5.74) is 2.25. The van der Waals surface area contributed by atoms with Crippen molar-refractivity contribution in [2.75, 3.05) is 30.3 Å². The fourth-order valence-corrected chi connectivity index (χ4v) is 4.69. The summed E-state index contributed by atoms with van der Waals surface area (Å²) in [5.74, 6) is 2.13. The minimum atomic E-state index is -3.70. The molecule has 1 saturated heterocycles. The summed E-state index contributed by atoms with van der Waals surface area (Å²) in [4.78, 5) is 2.34. The van der Waals surface area contributed by atoms with Crippen LogP contribution in [0.3, 0.4) is 0 Å². The van der Waals surface area contributed by atoms with Crippen LogP contribution in [0.15, 0.2) is 58.6 Å². The number of hydrogen-bond donors (Lipinski definition) is 1. The Labute approximate surface area is 186 Å². The lowest BCUT2D eigenvalue weighted by atomic mass is 10.2. The summed E-state index contributed by atoms with van der Waals surface area (Å²) >= 11 is 1.57. The van der Waals surface area contributed by atoms with E-state index in [2.05, 4.69) is 50.9 Å². The van der Waals surface area contributed by atoms with Gasteiger partial charge >= 0.3 is 0 Å². The Hall–Kier alpha value is -2.56. The highest BCUT2D eigenvalue weighted by atomic mass is 32.2. The topological polar surface area (TPSA) is 103 Å². The predicted molar refractivity (Wildman–Crippen MR) is 122 cm³/mol. The van der Waals surface area contributed by atoms with Gasteiger partial charge in [-0.25, -0.2) is 13.6 Å². The predicted octanol–water partition coefficient (Wildman–Crippen LogP) is 2.99. The number of hydrogen-bond acceptors (Lipinski definition) is 7.